The van der Waals surface area contributed by atoms with Crippen LogP contribution in [-0.2, 0) is 21.2 Å². The molecule has 162 valence electrons. The van der Waals surface area contributed by atoms with Gasteiger partial charge in [-0.15, -0.1) is 0 Å². The minimum Gasteiger partial charge on any atom is -0.455 e. The molecular weight excluding hydrogens is 412 g/mol. The summed E-state index contributed by atoms with van der Waals surface area (Å²) in [4.78, 5) is 12.7. The van der Waals surface area contributed by atoms with E-state index in [9.17, 15) is 13.2 Å². The molecule has 31 heavy (non-hydrogen) atoms. The number of benzene rings is 3. The molecule has 2 N–H and O–H groups in total. The zero-order valence-electron chi connectivity index (χ0n) is 17.5. The van der Waals surface area contributed by atoms with Crippen LogP contribution in [0.15, 0.2) is 83.8 Å². The predicted octanol–water partition coefficient (Wildman–Crippen LogP) is 4.74. The van der Waals surface area contributed by atoms with Crippen molar-refractivity contribution in [2.75, 3.05) is 5.32 Å². The molecule has 3 aromatic carbocycles. The largest absolute Gasteiger partial charge is 0.455 e. The van der Waals surface area contributed by atoms with E-state index in [2.05, 4.69) is 10.0 Å². The highest BCUT2D eigenvalue weighted by Crippen LogP contribution is 2.29. The van der Waals surface area contributed by atoms with E-state index in [0.29, 0.717) is 23.6 Å². The fourth-order valence-corrected chi connectivity index (χ4v) is 4.21. The van der Waals surface area contributed by atoms with Crippen LogP contribution in [0, 0.1) is 0 Å². The minimum atomic E-state index is -3.52. The second-order valence-electron chi connectivity index (χ2n) is 7.38. The summed E-state index contributed by atoms with van der Waals surface area (Å²) in [5.74, 6) is 1.10. The van der Waals surface area contributed by atoms with Gasteiger partial charge in [0.2, 0.25) is 15.9 Å². The van der Waals surface area contributed by atoms with E-state index in [1.54, 1.807) is 50.2 Å². The molecule has 0 saturated carbocycles. The molecule has 1 amide bonds. The molecule has 6 nitrogen and oxygen atoms in total. The van der Waals surface area contributed by atoms with E-state index in [4.69, 9.17) is 4.74 Å². The van der Waals surface area contributed by atoms with Gasteiger partial charge in [-0.3, -0.25) is 4.79 Å². The van der Waals surface area contributed by atoms with Crippen molar-refractivity contribution in [2.45, 2.75) is 37.6 Å². The fraction of sp³-hybridized carbons (Fsp3) is 0.208. The van der Waals surface area contributed by atoms with E-state index in [0.717, 1.165) is 5.56 Å². The van der Waals surface area contributed by atoms with Gasteiger partial charge in [0.15, 0.2) is 5.75 Å². The van der Waals surface area contributed by atoms with Gasteiger partial charge < -0.3 is 10.1 Å². The third-order valence-electron chi connectivity index (χ3n) is 4.40. The molecule has 0 aliphatic rings. The number of rotatable bonds is 9. The Bertz CT molecular complexity index is 1110. The van der Waals surface area contributed by atoms with Crippen LogP contribution in [0.3, 0.4) is 0 Å². The van der Waals surface area contributed by atoms with Gasteiger partial charge in [-0.05, 0) is 62.2 Å². The van der Waals surface area contributed by atoms with Crippen molar-refractivity contribution in [1.82, 2.24) is 4.72 Å². The molecule has 0 fully saturated rings. The molecule has 0 aromatic heterocycles. The summed E-state index contributed by atoms with van der Waals surface area (Å²) < 4.78 is 32.8. The van der Waals surface area contributed by atoms with Crippen molar-refractivity contribution < 1.29 is 17.9 Å². The molecule has 0 spiro atoms. The van der Waals surface area contributed by atoms with Crippen LogP contribution in [0.25, 0.3) is 0 Å². The number of nitrogens with one attached hydrogen (secondary N) is 2. The third-order valence-corrected chi connectivity index (χ3v) is 6.07. The molecule has 3 rings (SSSR count). The van der Waals surface area contributed by atoms with Gasteiger partial charge >= 0.3 is 0 Å². The van der Waals surface area contributed by atoms with Crippen LogP contribution in [0.4, 0.5) is 5.69 Å². The average molecular weight is 439 g/mol. The Kier molecular flexibility index (Phi) is 7.44. The summed E-state index contributed by atoms with van der Waals surface area (Å²) >= 11 is 0. The number of aryl methyl sites for hydroxylation is 1. The average Bonchev–Trinajstić information content (AvgIpc) is 2.74. The summed E-state index contributed by atoms with van der Waals surface area (Å²) in [6.07, 6.45) is 0.751. The maximum Gasteiger partial charge on any atom is 0.240 e. The Hall–Kier alpha value is -3.16. The highest BCUT2D eigenvalue weighted by atomic mass is 32.2. The molecule has 0 aliphatic carbocycles. The smallest absolute Gasteiger partial charge is 0.240 e. The van der Waals surface area contributed by atoms with E-state index < -0.39 is 10.0 Å². The number of anilines is 1. The SMILES string of the molecule is CC(C)NS(=O)(=O)c1ccc(CCC(=O)Nc2ccccc2Oc2ccccc2)cc1. The monoisotopic (exact) mass is 438 g/mol. The van der Waals surface area contributed by atoms with Gasteiger partial charge in [0.1, 0.15) is 5.75 Å². The van der Waals surface area contributed by atoms with Crippen molar-refractivity contribution in [1.29, 1.82) is 0 Å². The second-order valence-corrected chi connectivity index (χ2v) is 9.09. The molecule has 0 aliphatic heterocycles. The van der Waals surface area contributed by atoms with Gasteiger partial charge in [0, 0.05) is 12.5 Å². The topological polar surface area (TPSA) is 84.5 Å². The lowest BCUT2D eigenvalue weighted by Gasteiger charge is -2.12. The molecule has 0 bridgehead atoms. The van der Waals surface area contributed by atoms with Crippen LogP contribution in [0.1, 0.15) is 25.8 Å². The van der Waals surface area contributed by atoms with E-state index in [-0.39, 0.29) is 23.3 Å². The lowest BCUT2D eigenvalue weighted by atomic mass is 10.1. The molecule has 0 heterocycles. The Morgan fingerprint density at radius 2 is 1.55 bits per heavy atom. The van der Waals surface area contributed by atoms with Crippen molar-refractivity contribution in [2.24, 2.45) is 0 Å². The first-order valence-electron chi connectivity index (χ1n) is 10.1. The quantitative estimate of drug-likeness (QED) is 0.506. The molecule has 7 heteroatoms. The molecule has 0 unspecified atom stereocenters. The molecular formula is C24H26N2O4S. The summed E-state index contributed by atoms with van der Waals surface area (Å²) in [6, 6.07) is 23.0. The normalized spacial score (nSPS) is 11.3. The molecule has 0 radical (unpaired) electrons. The Morgan fingerprint density at radius 3 is 2.23 bits per heavy atom. The van der Waals surface area contributed by atoms with Crippen molar-refractivity contribution in [3.8, 4) is 11.5 Å². The van der Waals surface area contributed by atoms with Gasteiger partial charge in [-0.2, -0.15) is 0 Å². The van der Waals surface area contributed by atoms with Gasteiger partial charge in [0.25, 0.3) is 0 Å². The van der Waals surface area contributed by atoms with E-state index in [1.165, 1.54) is 0 Å². The lowest BCUT2D eigenvalue weighted by molar-refractivity contribution is -0.116. The number of carbonyl (C=O) groups is 1. The predicted molar refractivity (Wildman–Crippen MR) is 122 cm³/mol. The molecule has 0 atom stereocenters. The number of hydrogen-bond acceptors (Lipinski definition) is 4. The summed E-state index contributed by atoms with van der Waals surface area (Å²) in [5.41, 5.74) is 1.48. The Morgan fingerprint density at radius 1 is 0.903 bits per heavy atom. The number of ether oxygens (including phenoxy) is 1. The van der Waals surface area contributed by atoms with Gasteiger partial charge in [-0.1, -0.05) is 42.5 Å². The van der Waals surface area contributed by atoms with Crippen LogP contribution in [-0.4, -0.2) is 20.4 Å². The van der Waals surface area contributed by atoms with Crippen LogP contribution < -0.4 is 14.8 Å². The van der Waals surface area contributed by atoms with Crippen molar-refractivity contribution in [3.05, 3.63) is 84.4 Å². The first-order chi connectivity index (χ1) is 14.8. The van der Waals surface area contributed by atoms with Crippen molar-refractivity contribution >= 4 is 21.6 Å². The number of para-hydroxylation sites is 3. The number of hydrogen-bond donors (Lipinski definition) is 2. The maximum atomic E-state index is 12.5. The minimum absolute atomic E-state index is 0.151. The molecule has 0 saturated heterocycles. The number of carbonyl (C=O) groups excluding carboxylic acids is 1. The summed E-state index contributed by atoms with van der Waals surface area (Å²) in [5, 5.41) is 2.89. The van der Waals surface area contributed by atoms with Crippen LogP contribution >= 0.6 is 0 Å². The Labute approximate surface area is 183 Å². The zero-order chi connectivity index (χ0) is 22.3. The van der Waals surface area contributed by atoms with Crippen LogP contribution in [0.2, 0.25) is 0 Å². The Balaban J connectivity index is 1.59. The zero-order valence-corrected chi connectivity index (χ0v) is 18.4. The maximum absolute atomic E-state index is 12.5. The van der Waals surface area contributed by atoms with Gasteiger partial charge in [0.05, 0.1) is 10.6 Å². The molecule has 3 aromatic rings. The fourth-order valence-electron chi connectivity index (χ4n) is 2.96. The summed E-state index contributed by atoms with van der Waals surface area (Å²) in [7, 11) is -3.52. The van der Waals surface area contributed by atoms with Crippen molar-refractivity contribution in [3.63, 3.8) is 0 Å². The standard InChI is InChI=1S/C24H26N2O4S/c1-18(2)26-31(28,29)21-15-12-19(13-16-21)14-17-24(27)25-22-10-6-7-11-23(22)30-20-8-4-3-5-9-20/h3-13,15-16,18,26H,14,17H2,1-2H3,(H,25,27). The first-order valence-corrected chi connectivity index (χ1v) is 11.5. The highest BCUT2D eigenvalue weighted by molar-refractivity contribution is 7.89. The third kappa shape index (κ3) is 6.67. The first kappa shape index (κ1) is 22.5. The lowest BCUT2D eigenvalue weighted by Crippen LogP contribution is -2.30. The van der Waals surface area contributed by atoms with E-state index >= 15 is 0 Å². The van der Waals surface area contributed by atoms with E-state index in [1.807, 2.05) is 42.5 Å². The van der Waals surface area contributed by atoms with Crippen LogP contribution in [0.5, 0.6) is 11.5 Å². The summed E-state index contributed by atoms with van der Waals surface area (Å²) in [6.45, 7) is 3.54. The number of amides is 1. The second kappa shape index (κ2) is 10.2. The number of sulfonamides is 1. The van der Waals surface area contributed by atoms with Gasteiger partial charge in [-0.25, -0.2) is 13.1 Å². The highest BCUT2D eigenvalue weighted by Gasteiger charge is 2.15.